The van der Waals surface area contributed by atoms with Crippen LogP contribution in [0.5, 0.6) is 0 Å². The summed E-state index contributed by atoms with van der Waals surface area (Å²) in [6, 6.07) is 14.8. The van der Waals surface area contributed by atoms with Crippen LogP contribution < -0.4 is 5.32 Å². The molecule has 3 aromatic rings. The second-order valence-electron chi connectivity index (χ2n) is 4.26. The largest absolute Gasteiger partial charge is 0.321 e. The first-order valence-corrected chi connectivity index (χ1v) is 7.08. The summed E-state index contributed by atoms with van der Waals surface area (Å²) in [6.07, 6.45) is 1.51. The number of para-hydroxylation sites is 1. The van der Waals surface area contributed by atoms with Crippen molar-refractivity contribution in [3.05, 3.63) is 64.1 Å². The average Bonchev–Trinajstić information content (AvgIpc) is 2.95. The van der Waals surface area contributed by atoms with E-state index in [9.17, 15) is 0 Å². The molecular weight excluding hydrogens is 323 g/mol. The third kappa shape index (κ3) is 3.24. The molecule has 1 N–H and O–H groups in total. The van der Waals surface area contributed by atoms with E-state index in [-0.39, 0.29) is 0 Å². The SMILES string of the molecule is Clc1cccc(Cl)c1/C=N\n1nnnc1Nc1ccccc1. The zero-order valence-electron chi connectivity index (χ0n) is 11.2. The molecule has 0 saturated carbocycles. The molecular formula is C14H10Cl2N6. The first-order chi connectivity index (χ1) is 10.7. The maximum absolute atomic E-state index is 6.09. The highest BCUT2D eigenvalue weighted by Crippen LogP contribution is 2.22. The monoisotopic (exact) mass is 332 g/mol. The first kappa shape index (κ1) is 14.5. The first-order valence-electron chi connectivity index (χ1n) is 6.33. The molecule has 22 heavy (non-hydrogen) atoms. The van der Waals surface area contributed by atoms with Gasteiger partial charge in [0, 0.05) is 11.3 Å². The van der Waals surface area contributed by atoms with Crippen LogP contribution in [0.15, 0.2) is 53.6 Å². The zero-order valence-corrected chi connectivity index (χ0v) is 12.7. The number of nitrogens with one attached hydrogen (secondary N) is 1. The van der Waals surface area contributed by atoms with Crippen molar-refractivity contribution in [3.63, 3.8) is 0 Å². The summed E-state index contributed by atoms with van der Waals surface area (Å²) in [6.45, 7) is 0. The Balaban J connectivity index is 1.85. The van der Waals surface area contributed by atoms with Gasteiger partial charge in [-0.05, 0) is 34.7 Å². The molecule has 0 bridgehead atoms. The van der Waals surface area contributed by atoms with Gasteiger partial charge in [-0.1, -0.05) is 57.4 Å². The van der Waals surface area contributed by atoms with Gasteiger partial charge in [0.1, 0.15) is 0 Å². The van der Waals surface area contributed by atoms with Crippen molar-refractivity contribution in [1.29, 1.82) is 0 Å². The summed E-state index contributed by atoms with van der Waals surface area (Å²) in [7, 11) is 0. The molecule has 0 amide bonds. The van der Waals surface area contributed by atoms with Crippen LogP contribution in [0.1, 0.15) is 5.56 Å². The van der Waals surface area contributed by atoms with Gasteiger partial charge in [0.15, 0.2) is 0 Å². The maximum Gasteiger partial charge on any atom is 0.269 e. The minimum atomic E-state index is 0.380. The Morgan fingerprint density at radius 3 is 2.45 bits per heavy atom. The highest BCUT2D eigenvalue weighted by molar-refractivity contribution is 6.38. The lowest BCUT2D eigenvalue weighted by Crippen LogP contribution is -2.01. The number of halogens is 2. The van der Waals surface area contributed by atoms with E-state index in [1.165, 1.54) is 11.0 Å². The third-order valence-electron chi connectivity index (χ3n) is 2.78. The van der Waals surface area contributed by atoms with E-state index in [1.54, 1.807) is 18.2 Å². The van der Waals surface area contributed by atoms with Crippen molar-refractivity contribution in [2.45, 2.75) is 0 Å². The van der Waals surface area contributed by atoms with Crippen LogP contribution in [-0.4, -0.2) is 26.5 Å². The van der Waals surface area contributed by atoms with E-state index in [4.69, 9.17) is 23.2 Å². The second kappa shape index (κ2) is 6.55. The van der Waals surface area contributed by atoms with Gasteiger partial charge >= 0.3 is 0 Å². The number of tetrazole rings is 1. The molecule has 6 nitrogen and oxygen atoms in total. The van der Waals surface area contributed by atoms with Gasteiger partial charge in [-0.25, -0.2) is 0 Å². The van der Waals surface area contributed by atoms with Crippen molar-refractivity contribution in [3.8, 4) is 0 Å². The van der Waals surface area contributed by atoms with Gasteiger partial charge in [0.2, 0.25) is 0 Å². The molecule has 0 aliphatic heterocycles. The molecule has 2 aromatic carbocycles. The highest BCUT2D eigenvalue weighted by atomic mass is 35.5. The van der Waals surface area contributed by atoms with Crippen molar-refractivity contribution in [2.24, 2.45) is 5.10 Å². The van der Waals surface area contributed by atoms with Gasteiger partial charge in [0.25, 0.3) is 5.95 Å². The molecule has 1 heterocycles. The predicted octanol–water partition coefficient (Wildman–Crippen LogP) is 3.61. The second-order valence-corrected chi connectivity index (χ2v) is 5.08. The Morgan fingerprint density at radius 1 is 1.00 bits per heavy atom. The van der Waals surface area contributed by atoms with E-state index in [0.717, 1.165) is 5.69 Å². The van der Waals surface area contributed by atoms with E-state index in [0.29, 0.717) is 21.6 Å². The predicted molar refractivity (Wildman–Crippen MR) is 87.0 cm³/mol. The standard InChI is InChI=1S/C14H10Cl2N6/c15-12-7-4-8-13(16)11(12)9-17-22-14(19-20-21-22)18-10-5-2-1-3-6-10/h1-9H,(H,18,19,21)/b17-9-. The molecule has 110 valence electrons. The van der Waals surface area contributed by atoms with Gasteiger partial charge in [-0.3, -0.25) is 0 Å². The van der Waals surface area contributed by atoms with Crippen molar-refractivity contribution in [1.82, 2.24) is 20.3 Å². The number of hydrogen-bond acceptors (Lipinski definition) is 5. The van der Waals surface area contributed by atoms with Crippen LogP contribution in [0.25, 0.3) is 0 Å². The summed E-state index contributed by atoms with van der Waals surface area (Å²) < 4.78 is 0. The van der Waals surface area contributed by atoms with Crippen molar-refractivity contribution in [2.75, 3.05) is 5.32 Å². The number of aromatic nitrogens is 4. The highest BCUT2D eigenvalue weighted by Gasteiger charge is 2.06. The van der Waals surface area contributed by atoms with E-state index in [2.05, 4.69) is 25.9 Å². The van der Waals surface area contributed by atoms with Crippen LogP contribution in [0.4, 0.5) is 11.6 Å². The molecule has 0 radical (unpaired) electrons. The molecule has 0 saturated heterocycles. The minimum Gasteiger partial charge on any atom is -0.321 e. The van der Waals surface area contributed by atoms with Crippen LogP contribution >= 0.6 is 23.2 Å². The number of rotatable bonds is 4. The summed E-state index contributed by atoms with van der Waals surface area (Å²) in [4.78, 5) is 1.26. The van der Waals surface area contributed by atoms with E-state index in [1.807, 2.05) is 30.3 Å². The minimum absolute atomic E-state index is 0.380. The van der Waals surface area contributed by atoms with Gasteiger partial charge in [0.05, 0.1) is 16.3 Å². The molecule has 3 rings (SSSR count). The summed E-state index contributed by atoms with van der Waals surface area (Å²) >= 11 is 12.2. The number of nitrogens with zero attached hydrogens (tertiary/aromatic N) is 5. The average molecular weight is 333 g/mol. The topological polar surface area (TPSA) is 68.0 Å². The van der Waals surface area contributed by atoms with E-state index < -0.39 is 0 Å². The molecule has 0 fully saturated rings. The summed E-state index contributed by atoms with van der Waals surface area (Å²) in [5.41, 5.74) is 1.46. The Kier molecular flexibility index (Phi) is 4.32. The molecule has 0 spiro atoms. The number of hydrogen-bond donors (Lipinski definition) is 1. The van der Waals surface area contributed by atoms with Crippen LogP contribution in [0.3, 0.4) is 0 Å². The van der Waals surface area contributed by atoms with Crippen LogP contribution in [-0.2, 0) is 0 Å². The fraction of sp³-hybridized carbons (Fsp3) is 0. The molecule has 0 unspecified atom stereocenters. The lowest BCUT2D eigenvalue weighted by molar-refractivity contribution is 0.699. The van der Waals surface area contributed by atoms with Gasteiger partial charge in [-0.15, -0.1) is 0 Å². The normalized spacial score (nSPS) is 11.0. The lowest BCUT2D eigenvalue weighted by atomic mass is 10.2. The number of anilines is 2. The zero-order chi connectivity index (χ0) is 15.4. The summed E-state index contributed by atoms with van der Waals surface area (Å²) in [5.74, 6) is 0.380. The Labute approximate surface area is 136 Å². The maximum atomic E-state index is 6.09. The molecule has 0 atom stereocenters. The molecule has 8 heteroatoms. The quantitative estimate of drug-likeness (QED) is 0.741. The van der Waals surface area contributed by atoms with Gasteiger partial charge in [-0.2, -0.15) is 5.10 Å². The fourth-order valence-electron chi connectivity index (χ4n) is 1.73. The molecule has 1 aromatic heterocycles. The molecule has 0 aliphatic carbocycles. The smallest absolute Gasteiger partial charge is 0.269 e. The van der Waals surface area contributed by atoms with Crippen molar-refractivity contribution >= 4 is 41.1 Å². The Bertz CT molecular complexity index is 780. The Hall–Kier alpha value is -2.44. The summed E-state index contributed by atoms with van der Waals surface area (Å²) in [5, 5.41) is 19.5. The number of benzene rings is 2. The lowest BCUT2D eigenvalue weighted by Gasteiger charge is -2.03. The fourth-order valence-corrected chi connectivity index (χ4v) is 2.23. The van der Waals surface area contributed by atoms with E-state index >= 15 is 0 Å². The molecule has 0 aliphatic rings. The third-order valence-corrected chi connectivity index (χ3v) is 3.44. The van der Waals surface area contributed by atoms with Crippen LogP contribution in [0, 0.1) is 0 Å². The van der Waals surface area contributed by atoms with Crippen molar-refractivity contribution < 1.29 is 0 Å². The van der Waals surface area contributed by atoms with Crippen LogP contribution in [0.2, 0.25) is 10.0 Å². The Morgan fingerprint density at radius 2 is 1.73 bits per heavy atom. The van der Waals surface area contributed by atoms with Gasteiger partial charge < -0.3 is 5.32 Å².